The molecular weight excluding hydrogens is 332 g/mol. The van der Waals surface area contributed by atoms with Gasteiger partial charge in [0.05, 0.1) is 13.7 Å². The number of ether oxygens (including phenoxy) is 2. The fourth-order valence-corrected chi connectivity index (χ4v) is 2.91. The Balaban J connectivity index is 1.39. The van der Waals surface area contributed by atoms with Crippen LogP contribution in [-0.2, 0) is 0 Å². The minimum absolute atomic E-state index is 0.261. The summed E-state index contributed by atoms with van der Waals surface area (Å²) in [6.45, 7) is 0.751. The molecule has 2 aromatic rings. The van der Waals surface area contributed by atoms with E-state index >= 15 is 0 Å². The van der Waals surface area contributed by atoms with E-state index in [0.717, 1.165) is 30.2 Å². The lowest BCUT2D eigenvalue weighted by Gasteiger charge is -2.12. The van der Waals surface area contributed by atoms with Gasteiger partial charge in [0, 0.05) is 6.04 Å². The van der Waals surface area contributed by atoms with Crippen LogP contribution >= 0.6 is 0 Å². The molecule has 0 aliphatic heterocycles. The molecule has 0 saturated heterocycles. The van der Waals surface area contributed by atoms with Crippen LogP contribution < -0.4 is 20.1 Å². The Morgan fingerprint density at radius 3 is 2.46 bits per heavy atom. The third-order valence-corrected chi connectivity index (χ3v) is 4.32. The van der Waals surface area contributed by atoms with Gasteiger partial charge in [-0.1, -0.05) is 12.8 Å². The smallest absolute Gasteiger partial charge is 0.271 e. The molecule has 1 aliphatic rings. The summed E-state index contributed by atoms with van der Waals surface area (Å²) in [6.07, 6.45) is 4.84. The molecule has 1 amide bonds. The average Bonchev–Trinajstić information content (AvgIpc) is 3.19. The third kappa shape index (κ3) is 5.08. The monoisotopic (exact) mass is 356 g/mol. The number of benzene rings is 1. The fraction of sp³-hybridized carbons (Fsp3) is 0.421. The summed E-state index contributed by atoms with van der Waals surface area (Å²) in [6, 6.07) is 11.2. The molecule has 1 fully saturated rings. The molecule has 3 rings (SSSR count). The summed E-state index contributed by atoms with van der Waals surface area (Å²) >= 11 is 0. The first-order valence-electron chi connectivity index (χ1n) is 8.90. The van der Waals surface area contributed by atoms with E-state index in [1.807, 2.05) is 24.3 Å². The molecule has 0 spiro atoms. The quantitative estimate of drug-likeness (QED) is 0.707. The van der Waals surface area contributed by atoms with Gasteiger partial charge in [-0.3, -0.25) is 4.79 Å². The number of anilines is 1. The molecule has 0 unspecified atom stereocenters. The van der Waals surface area contributed by atoms with Gasteiger partial charge in [0.25, 0.3) is 5.91 Å². The van der Waals surface area contributed by atoms with Crippen molar-refractivity contribution in [1.29, 1.82) is 0 Å². The molecule has 2 N–H and O–H groups in total. The first-order chi connectivity index (χ1) is 12.7. The van der Waals surface area contributed by atoms with Crippen molar-refractivity contribution in [1.82, 2.24) is 15.5 Å². The standard InChI is InChI=1S/C19H24N4O3/c1-25-15-6-8-16(9-7-15)26-13-12-20-19(24)17-10-11-18(23-22-17)21-14-4-2-3-5-14/h6-11,14H,2-5,12-13H2,1H3,(H,20,24)(H,21,23). The highest BCUT2D eigenvalue weighted by Crippen LogP contribution is 2.21. The number of hydrogen-bond acceptors (Lipinski definition) is 6. The van der Waals surface area contributed by atoms with Crippen molar-refractivity contribution in [2.45, 2.75) is 31.7 Å². The van der Waals surface area contributed by atoms with Gasteiger partial charge in [-0.25, -0.2) is 0 Å². The first kappa shape index (κ1) is 18.0. The minimum atomic E-state index is -0.261. The zero-order valence-electron chi connectivity index (χ0n) is 14.9. The van der Waals surface area contributed by atoms with Crippen LogP contribution in [0.1, 0.15) is 36.2 Å². The van der Waals surface area contributed by atoms with E-state index in [1.54, 1.807) is 19.2 Å². The minimum Gasteiger partial charge on any atom is -0.497 e. The SMILES string of the molecule is COc1ccc(OCCNC(=O)c2ccc(NC3CCCC3)nn2)cc1. The van der Waals surface area contributed by atoms with Gasteiger partial charge in [-0.05, 0) is 49.2 Å². The lowest BCUT2D eigenvalue weighted by atomic mass is 10.2. The van der Waals surface area contributed by atoms with Crippen LogP contribution in [0.25, 0.3) is 0 Å². The molecule has 1 heterocycles. The molecule has 7 nitrogen and oxygen atoms in total. The lowest BCUT2D eigenvalue weighted by molar-refractivity contribution is 0.0941. The number of hydrogen-bond donors (Lipinski definition) is 2. The maximum absolute atomic E-state index is 12.1. The van der Waals surface area contributed by atoms with Crippen molar-refractivity contribution < 1.29 is 14.3 Å². The number of nitrogens with zero attached hydrogens (tertiary/aromatic N) is 2. The van der Waals surface area contributed by atoms with Gasteiger partial charge in [-0.2, -0.15) is 0 Å². The van der Waals surface area contributed by atoms with Crippen molar-refractivity contribution in [3.63, 3.8) is 0 Å². The molecule has 0 bridgehead atoms. The second-order valence-electron chi connectivity index (χ2n) is 6.21. The Kier molecular flexibility index (Phi) is 6.24. The van der Waals surface area contributed by atoms with E-state index in [0.29, 0.717) is 24.9 Å². The van der Waals surface area contributed by atoms with Crippen molar-refractivity contribution in [3.05, 3.63) is 42.1 Å². The zero-order chi connectivity index (χ0) is 18.2. The molecule has 138 valence electrons. The second kappa shape index (κ2) is 9.03. The summed E-state index contributed by atoms with van der Waals surface area (Å²) < 4.78 is 10.7. The van der Waals surface area contributed by atoms with Crippen LogP contribution in [0, 0.1) is 0 Å². The normalized spacial score (nSPS) is 14.0. The Morgan fingerprint density at radius 2 is 1.81 bits per heavy atom. The molecule has 0 radical (unpaired) electrons. The maximum Gasteiger partial charge on any atom is 0.271 e. The van der Waals surface area contributed by atoms with Crippen LogP contribution in [0.2, 0.25) is 0 Å². The second-order valence-corrected chi connectivity index (χ2v) is 6.21. The molecule has 1 aromatic carbocycles. The van der Waals surface area contributed by atoms with Gasteiger partial charge >= 0.3 is 0 Å². The van der Waals surface area contributed by atoms with Gasteiger partial charge in [0.15, 0.2) is 5.69 Å². The van der Waals surface area contributed by atoms with Gasteiger partial charge in [0.2, 0.25) is 0 Å². The number of amides is 1. The molecule has 1 aliphatic carbocycles. The van der Waals surface area contributed by atoms with Gasteiger partial charge < -0.3 is 20.1 Å². The van der Waals surface area contributed by atoms with Crippen molar-refractivity contribution in [3.8, 4) is 11.5 Å². The first-order valence-corrected chi connectivity index (χ1v) is 8.90. The Morgan fingerprint density at radius 1 is 1.08 bits per heavy atom. The number of nitrogens with one attached hydrogen (secondary N) is 2. The van der Waals surface area contributed by atoms with Crippen LogP contribution in [0.15, 0.2) is 36.4 Å². The summed E-state index contributed by atoms with van der Waals surface area (Å²) in [5.74, 6) is 1.96. The van der Waals surface area contributed by atoms with E-state index in [1.165, 1.54) is 12.8 Å². The van der Waals surface area contributed by atoms with E-state index < -0.39 is 0 Å². The Bertz CT molecular complexity index is 698. The summed E-state index contributed by atoms with van der Waals surface area (Å²) in [5.41, 5.74) is 0.298. The number of rotatable bonds is 8. The Hall–Kier alpha value is -2.83. The van der Waals surface area contributed by atoms with E-state index in [4.69, 9.17) is 9.47 Å². The average molecular weight is 356 g/mol. The summed E-state index contributed by atoms with van der Waals surface area (Å²) in [4.78, 5) is 12.1. The third-order valence-electron chi connectivity index (χ3n) is 4.32. The van der Waals surface area contributed by atoms with Crippen molar-refractivity contribution in [2.24, 2.45) is 0 Å². The van der Waals surface area contributed by atoms with E-state index in [2.05, 4.69) is 20.8 Å². The van der Waals surface area contributed by atoms with Crippen LogP contribution in [0.5, 0.6) is 11.5 Å². The highest BCUT2D eigenvalue weighted by Gasteiger charge is 2.15. The van der Waals surface area contributed by atoms with E-state index in [9.17, 15) is 4.79 Å². The molecule has 7 heteroatoms. The van der Waals surface area contributed by atoms with Gasteiger partial charge in [0.1, 0.15) is 23.9 Å². The highest BCUT2D eigenvalue weighted by atomic mass is 16.5. The molecular formula is C19H24N4O3. The van der Waals surface area contributed by atoms with Crippen LogP contribution in [0.4, 0.5) is 5.82 Å². The maximum atomic E-state index is 12.1. The van der Waals surface area contributed by atoms with Gasteiger partial charge in [-0.15, -0.1) is 10.2 Å². The zero-order valence-corrected chi connectivity index (χ0v) is 14.9. The molecule has 1 aromatic heterocycles. The topological polar surface area (TPSA) is 85.4 Å². The summed E-state index contributed by atoms with van der Waals surface area (Å²) in [5, 5.41) is 14.2. The molecule has 0 atom stereocenters. The predicted octanol–water partition coefficient (Wildman–Crippen LogP) is 2.65. The highest BCUT2D eigenvalue weighted by molar-refractivity contribution is 5.92. The summed E-state index contributed by atoms with van der Waals surface area (Å²) in [7, 11) is 1.62. The number of carbonyl (C=O) groups excluding carboxylic acids is 1. The van der Waals surface area contributed by atoms with Crippen LogP contribution in [-0.4, -0.2) is 42.4 Å². The number of carbonyl (C=O) groups is 1. The molecule has 26 heavy (non-hydrogen) atoms. The van der Waals surface area contributed by atoms with Crippen LogP contribution in [0.3, 0.4) is 0 Å². The molecule has 1 saturated carbocycles. The largest absolute Gasteiger partial charge is 0.497 e. The van der Waals surface area contributed by atoms with E-state index in [-0.39, 0.29) is 5.91 Å². The number of aromatic nitrogens is 2. The fourth-order valence-electron chi connectivity index (χ4n) is 2.91. The van der Waals surface area contributed by atoms with Crippen molar-refractivity contribution in [2.75, 3.05) is 25.6 Å². The predicted molar refractivity (Wildman–Crippen MR) is 98.7 cm³/mol. The Labute approximate surface area is 153 Å². The lowest BCUT2D eigenvalue weighted by Crippen LogP contribution is -2.29. The number of methoxy groups -OCH3 is 1. The van der Waals surface area contributed by atoms with Crippen molar-refractivity contribution >= 4 is 11.7 Å².